The highest BCUT2D eigenvalue weighted by Gasteiger charge is 2.43. The Hall–Kier alpha value is -0.710. The van der Waals surface area contributed by atoms with Gasteiger partial charge < -0.3 is 9.47 Å². The molecule has 15 heavy (non-hydrogen) atoms. The molecule has 0 aliphatic carbocycles. The molecule has 1 fully saturated rings. The number of halogens is 2. The van der Waals surface area contributed by atoms with E-state index in [-0.39, 0.29) is 6.61 Å². The van der Waals surface area contributed by atoms with Crippen LogP contribution in [0.2, 0.25) is 0 Å². The fourth-order valence-corrected chi connectivity index (χ4v) is 1.57. The van der Waals surface area contributed by atoms with Crippen LogP contribution < -0.4 is 0 Å². The molecule has 0 aromatic carbocycles. The summed E-state index contributed by atoms with van der Waals surface area (Å²) in [5.41, 5.74) is 0. The van der Waals surface area contributed by atoms with Crippen molar-refractivity contribution in [1.82, 2.24) is 0 Å². The first-order valence-electron chi connectivity index (χ1n) is 5.23. The van der Waals surface area contributed by atoms with Crippen LogP contribution in [0.25, 0.3) is 0 Å². The third-order valence-electron chi connectivity index (χ3n) is 2.33. The first-order chi connectivity index (χ1) is 7.06. The van der Waals surface area contributed by atoms with E-state index in [1.165, 1.54) is 6.92 Å². The Morgan fingerprint density at radius 2 is 2.27 bits per heavy atom. The predicted octanol–water partition coefficient (Wildman–Crippen LogP) is 2.14. The molecule has 0 aromatic heterocycles. The van der Waals surface area contributed by atoms with E-state index in [1.54, 1.807) is 0 Å². The maximum absolute atomic E-state index is 13.2. The summed E-state index contributed by atoms with van der Waals surface area (Å²) in [4.78, 5) is 10.9. The molecule has 1 aliphatic heterocycles. The lowest BCUT2D eigenvalue weighted by atomic mass is 10.0. The molecule has 5 heteroatoms. The van der Waals surface area contributed by atoms with Gasteiger partial charge in [0, 0.05) is 13.0 Å². The summed E-state index contributed by atoms with van der Waals surface area (Å²) >= 11 is 0. The quantitative estimate of drug-likeness (QED) is 0.684. The Morgan fingerprint density at radius 1 is 1.53 bits per heavy atom. The van der Waals surface area contributed by atoms with Gasteiger partial charge >= 0.3 is 11.9 Å². The van der Waals surface area contributed by atoms with E-state index in [9.17, 15) is 13.6 Å². The number of carbonyl (C=O) groups excluding carboxylic acids is 1. The van der Waals surface area contributed by atoms with Crippen LogP contribution in [0.15, 0.2) is 0 Å². The van der Waals surface area contributed by atoms with E-state index in [2.05, 4.69) is 4.74 Å². The van der Waals surface area contributed by atoms with Gasteiger partial charge in [0.15, 0.2) is 0 Å². The second-order valence-electron chi connectivity index (χ2n) is 3.62. The molecule has 1 aliphatic rings. The van der Waals surface area contributed by atoms with E-state index >= 15 is 0 Å². The molecule has 1 unspecified atom stereocenters. The predicted molar refractivity (Wildman–Crippen MR) is 49.8 cm³/mol. The molecule has 88 valence electrons. The molecule has 0 radical (unpaired) electrons. The Bertz CT molecular complexity index is 213. The molecule has 0 saturated carbocycles. The highest BCUT2D eigenvalue weighted by atomic mass is 19.3. The van der Waals surface area contributed by atoms with Crippen LogP contribution in [0, 0.1) is 0 Å². The van der Waals surface area contributed by atoms with Gasteiger partial charge in [0.1, 0.15) is 0 Å². The van der Waals surface area contributed by atoms with Crippen LogP contribution in [0.1, 0.15) is 32.6 Å². The second-order valence-corrected chi connectivity index (χ2v) is 3.62. The average Bonchev–Trinajstić information content (AvgIpc) is 2.19. The zero-order valence-corrected chi connectivity index (χ0v) is 8.80. The number of alkyl halides is 2. The summed E-state index contributed by atoms with van der Waals surface area (Å²) in [6, 6.07) is 0. The van der Waals surface area contributed by atoms with Gasteiger partial charge in [-0.05, 0) is 26.2 Å². The molecule has 0 aromatic rings. The van der Waals surface area contributed by atoms with Crippen LogP contribution in [0.4, 0.5) is 8.78 Å². The first kappa shape index (κ1) is 12.4. The van der Waals surface area contributed by atoms with Gasteiger partial charge in [-0.3, -0.25) is 0 Å². The topological polar surface area (TPSA) is 35.5 Å². The lowest BCUT2D eigenvalue weighted by Crippen LogP contribution is -2.36. The minimum Gasteiger partial charge on any atom is -0.462 e. The Balaban J connectivity index is 2.42. The molecule has 0 amide bonds. The van der Waals surface area contributed by atoms with Crippen molar-refractivity contribution in [2.75, 3.05) is 13.2 Å². The lowest BCUT2D eigenvalue weighted by molar-refractivity contribution is -0.177. The largest absolute Gasteiger partial charge is 0.462 e. The fourth-order valence-electron chi connectivity index (χ4n) is 1.57. The molecule has 1 heterocycles. The van der Waals surface area contributed by atoms with Crippen molar-refractivity contribution in [2.24, 2.45) is 0 Å². The maximum Gasteiger partial charge on any atom is 0.377 e. The number of esters is 1. The monoisotopic (exact) mass is 222 g/mol. The van der Waals surface area contributed by atoms with Gasteiger partial charge in [0.25, 0.3) is 0 Å². The molecule has 0 bridgehead atoms. The third kappa shape index (κ3) is 3.74. The van der Waals surface area contributed by atoms with E-state index in [1.807, 2.05) is 0 Å². The molecule has 3 nitrogen and oxygen atoms in total. The van der Waals surface area contributed by atoms with Crippen molar-refractivity contribution < 1.29 is 23.0 Å². The number of hydrogen-bond donors (Lipinski definition) is 0. The van der Waals surface area contributed by atoms with Crippen molar-refractivity contribution in [1.29, 1.82) is 0 Å². The van der Waals surface area contributed by atoms with Crippen LogP contribution in [0.5, 0.6) is 0 Å². The van der Waals surface area contributed by atoms with Crippen molar-refractivity contribution in [3.63, 3.8) is 0 Å². The summed E-state index contributed by atoms with van der Waals surface area (Å²) in [5, 5.41) is 0. The SMILES string of the molecule is CCOC(=O)C(F)(F)CC1CCCCO1. The molecule has 1 rings (SSSR count). The van der Waals surface area contributed by atoms with Crippen LogP contribution in [-0.4, -0.2) is 31.2 Å². The molecule has 0 N–H and O–H groups in total. The summed E-state index contributed by atoms with van der Waals surface area (Å²) in [5.74, 6) is -4.86. The highest BCUT2D eigenvalue weighted by molar-refractivity contribution is 5.77. The molecule has 1 saturated heterocycles. The summed E-state index contributed by atoms with van der Waals surface area (Å²) in [6.45, 7) is 1.98. The molecule has 1 atom stereocenters. The lowest BCUT2D eigenvalue weighted by Gasteiger charge is -2.25. The van der Waals surface area contributed by atoms with Gasteiger partial charge in [-0.1, -0.05) is 0 Å². The van der Waals surface area contributed by atoms with E-state index in [0.717, 1.165) is 12.8 Å². The maximum atomic E-state index is 13.2. The fraction of sp³-hybridized carbons (Fsp3) is 0.900. The zero-order valence-electron chi connectivity index (χ0n) is 8.80. The van der Waals surface area contributed by atoms with Crippen molar-refractivity contribution >= 4 is 5.97 Å². The van der Waals surface area contributed by atoms with Gasteiger partial charge in [-0.25, -0.2) is 4.79 Å². The minimum absolute atomic E-state index is 0.0278. The zero-order chi connectivity index (χ0) is 11.3. The minimum atomic E-state index is -3.42. The van der Waals surface area contributed by atoms with Crippen LogP contribution in [-0.2, 0) is 14.3 Å². The highest BCUT2D eigenvalue weighted by Crippen LogP contribution is 2.27. The number of hydrogen-bond acceptors (Lipinski definition) is 3. The summed E-state index contributed by atoms with van der Waals surface area (Å²) in [6.07, 6.45) is 1.30. The number of ether oxygens (including phenoxy) is 2. The third-order valence-corrected chi connectivity index (χ3v) is 2.33. The van der Waals surface area contributed by atoms with Gasteiger partial charge in [-0.2, -0.15) is 8.78 Å². The van der Waals surface area contributed by atoms with Crippen molar-refractivity contribution in [3.8, 4) is 0 Å². The summed E-state index contributed by atoms with van der Waals surface area (Å²) in [7, 11) is 0. The number of rotatable bonds is 4. The average molecular weight is 222 g/mol. The smallest absolute Gasteiger partial charge is 0.377 e. The van der Waals surface area contributed by atoms with Crippen molar-refractivity contribution in [2.45, 2.75) is 44.6 Å². The van der Waals surface area contributed by atoms with Gasteiger partial charge in [-0.15, -0.1) is 0 Å². The normalized spacial score (nSPS) is 22.5. The number of carbonyl (C=O) groups is 1. The van der Waals surface area contributed by atoms with Crippen LogP contribution in [0.3, 0.4) is 0 Å². The van der Waals surface area contributed by atoms with E-state index < -0.39 is 24.4 Å². The van der Waals surface area contributed by atoms with E-state index in [0.29, 0.717) is 13.0 Å². The molecular formula is C10H16F2O3. The van der Waals surface area contributed by atoms with Gasteiger partial charge in [0.2, 0.25) is 0 Å². The Morgan fingerprint density at radius 3 is 2.80 bits per heavy atom. The Kier molecular flexibility index (Phi) is 4.45. The first-order valence-corrected chi connectivity index (χ1v) is 5.23. The molecular weight excluding hydrogens is 206 g/mol. The molecule has 0 spiro atoms. The Labute approximate surface area is 87.7 Å². The standard InChI is InChI=1S/C10H16F2O3/c1-2-14-9(13)10(11,12)7-8-5-3-4-6-15-8/h8H,2-7H2,1H3. The van der Waals surface area contributed by atoms with Gasteiger partial charge in [0.05, 0.1) is 12.7 Å². The second kappa shape index (κ2) is 5.39. The van der Waals surface area contributed by atoms with E-state index in [4.69, 9.17) is 4.74 Å². The van der Waals surface area contributed by atoms with Crippen molar-refractivity contribution in [3.05, 3.63) is 0 Å². The van der Waals surface area contributed by atoms with Crippen LogP contribution >= 0.6 is 0 Å². The summed E-state index contributed by atoms with van der Waals surface area (Å²) < 4.78 is 35.9.